The maximum atomic E-state index is 12.7. The van der Waals surface area contributed by atoms with Crippen molar-refractivity contribution in [3.63, 3.8) is 0 Å². The van der Waals surface area contributed by atoms with Gasteiger partial charge in [0.05, 0.1) is 5.56 Å². The maximum absolute atomic E-state index is 12.7. The van der Waals surface area contributed by atoms with Crippen LogP contribution < -0.4 is 9.47 Å². The number of ether oxygens (including phenoxy) is 2. The van der Waals surface area contributed by atoms with E-state index in [2.05, 4.69) is 0 Å². The molecule has 0 atom stereocenters. The Labute approximate surface area is 120 Å². The van der Waals surface area contributed by atoms with Gasteiger partial charge in [-0.25, -0.2) is 0 Å². The zero-order valence-electron chi connectivity index (χ0n) is 11.2. The number of furan rings is 1. The second-order valence-electron chi connectivity index (χ2n) is 4.83. The summed E-state index contributed by atoms with van der Waals surface area (Å²) in [6, 6.07) is 12.7. The molecule has 0 saturated carbocycles. The normalized spacial score (nSPS) is 13.3. The van der Waals surface area contributed by atoms with E-state index >= 15 is 0 Å². The molecule has 0 unspecified atom stereocenters. The highest BCUT2D eigenvalue weighted by molar-refractivity contribution is 6.16. The van der Waals surface area contributed by atoms with Crippen molar-refractivity contribution in [1.82, 2.24) is 0 Å². The van der Waals surface area contributed by atoms with E-state index in [1.54, 1.807) is 18.2 Å². The molecule has 104 valence electrons. The van der Waals surface area contributed by atoms with Crippen LogP contribution in [0.3, 0.4) is 0 Å². The van der Waals surface area contributed by atoms with E-state index in [9.17, 15) is 4.79 Å². The third-order valence-corrected chi connectivity index (χ3v) is 3.53. The van der Waals surface area contributed by atoms with E-state index in [1.807, 2.05) is 24.3 Å². The van der Waals surface area contributed by atoms with Crippen LogP contribution in [-0.4, -0.2) is 19.0 Å². The van der Waals surface area contributed by atoms with Crippen LogP contribution in [0.1, 0.15) is 15.9 Å². The monoisotopic (exact) mass is 280 g/mol. The standard InChI is InChI=1S/C17H12O4/c18-17(13-10-21-14-4-2-1-3-12(13)14)11-5-6-15-16(9-11)20-8-7-19-15/h1-6,9-10H,7-8H2. The van der Waals surface area contributed by atoms with Gasteiger partial charge in [-0.15, -0.1) is 0 Å². The number of para-hydroxylation sites is 1. The fourth-order valence-corrected chi connectivity index (χ4v) is 2.49. The summed E-state index contributed by atoms with van der Waals surface area (Å²) in [6.45, 7) is 1.03. The number of carbonyl (C=O) groups is 1. The predicted molar refractivity (Wildman–Crippen MR) is 77.1 cm³/mol. The van der Waals surface area contributed by atoms with Crippen LogP contribution in [0.15, 0.2) is 53.1 Å². The minimum absolute atomic E-state index is 0.0862. The average molecular weight is 280 g/mol. The van der Waals surface area contributed by atoms with Gasteiger partial charge in [0.2, 0.25) is 0 Å². The quantitative estimate of drug-likeness (QED) is 0.675. The van der Waals surface area contributed by atoms with E-state index in [0.717, 1.165) is 5.39 Å². The summed E-state index contributed by atoms with van der Waals surface area (Å²) in [5, 5.41) is 0.817. The summed E-state index contributed by atoms with van der Waals surface area (Å²) in [6.07, 6.45) is 1.50. The number of fused-ring (bicyclic) bond motifs is 2. The van der Waals surface area contributed by atoms with Crippen molar-refractivity contribution in [2.24, 2.45) is 0 Å². The van der Waals surface area contributed by atoms with Crippen LogP contribution in [0.2, 0.25) is 0 Å². The first kappa shape index (κ1) is 12.0. The van der Waals surface area contributed by atoms with Gasteiger partial charge in [-0.05, 0) is 24.3 Å². The first-order valence-electron chi connectivity index (χ1n) is 6.73. The number of benzene rings is 2. The molecular weight excluding hydrogens is 268 g/mol. The molecule has 1 aliphatic rings. The van der Waals surface area contributed by atoms with E-state index in [1.165, 1.54) is 6.26 Å². The van der Waals surface area contributed by atoms with Crippen LogP contribution in [0.25, 0.3) is 11.0 Å². The topological polar surface area (TPSA) is 48.7 Å². The number of carbonyl (C=O) groups excluding carboxylic acids is 1. The lowest BCUT2D eigenvalue weighted by Gasteiger charge is -2.18. The fraction of sp³-hybridized carbons (Fsp3) is 0.118. The molecule has 1 aromatic heterocycles. The third kappa shape index (κ3) is 1.96. The Morgan fingerprint density at radius 3 is 2.67 bits per heavy atom. The Bertz CT molecular complexity index is 832. The third-order valence-electron chi connectivity index (χ3n) is 3.53. The molecule has 0 N–H and O–H groups in total. The van der Waals surface area contributed by atoms with Gasteiger partial charge in [0, 0.05) is 10.9 Å². The molecule has 21 heavy (non-hydrogen) atoms. The van der Waals surface area contributed by atoms with Crippen LogP contribution in [0.5, 0.6) is 11.5 Å². The number of hydrogen-bond acceptors (Lipinski definition) is 4. The summed E-state index contributed by atoms with van der Waals surface area (Å²) in [4.78, 5) is 12.7. The van der Waals surface area contributed by atoms with E-state index in [-0.39, 0.29) is 5.78 Å². The molecule has 0 aliphatic carbocycles. The molecule has 3 aromatic rings. The molecule has 0 amide bonds. The highest BCUT2D eigenvalue weighted by Gasteiger charge is 2.19. The lowest BCUT2D eigenvalue weighted by molar-refractivity contribution is 0.103. The molecule has 2 heterocycles. The van der Waals surface area contributed by atoms with Crippen molar-refractivity contribution < 1.29 is 18.7 Å². The largest absolute Gasteiger partial charge is 0.486 e. The van der Waals surface area contributed by atoms with E-state index < -0.39 is 0 Å². The zero-order chi connectivity index (χ0) is 14.2. The van der Waals surface area contributed by atoms with E-state index in [4.69, 9.17) is 13.9 Å². The molecule has 2 aromatic carbocycles. The van der Waals surface area contributed by atoms with Gasteiger partial charge in [0.1, 0.15) is 25.1 Å². The van der Waals surface area contributed by atoms with Crippen molar-refractivity contribution in [2.45, 2.75) is 0 Å². The summed E-state index contributed by atoms with van der Waals surface area (Å²) in [7, 11) is 0. The van der Waals surface area contributed by atoms with Gasteiger partial charge in [-0.1, -0.05) is 18.2 Å². The Kier molecular flexibility index (Phi) is 2.67. The highest BCUT2D eigenvalue weighted by atomic mass is 16.6. The predicted octanol–water partition coefficient (Wildman–Crippen LogP) is 3.44. The van der Waals surface area contributed by atoms with Crippen molar-refractivity contribution in [3.05, 3.63) is 59.9 Å². The summed E-state index contributed by atoms with van der Waals surface area (Å²) >= 11 is 0. The van der Waals surface area contributed by atoms with Crippen LogP contribution >= 0.6 is 0 Å². The van der Waals surface area contributed by atoms with Crippen molar-refractivity contribution in [3.8, 4) is 11.5 Å². The van der Waals surface area contributed by atoms with Crippen LogP contribution in [0, 0.1) is 0 Å². The Balaban J connectivity index is 1.77. The Morgan fingerprint density at radius 1 is 0.952 bits per heavy atom. The van der Waals surface area contributed by atoms with Crippen LogP contribution in [0.4, 0.5) is 0 Å². The minimum atomic E-state index is -0.0862. The molecule has 0 saturated heterocycles. The Hall–Kier alpha value is -2.75. The second-order valence-corrected chi connectivity index (χ2v) is 4.83. The summed E-state index contributed by atoms with van der Waals surface area (Å²) in [5.41, 5.74) is 1.83. The molecule has 0 fully saturated rings. The lowest BCUT2D eigenvalue weighted by Crippen LogP contribution is -2.15. The maximum Gasteiger partial charge on any atom is 0.197 e. The molecular formula is C17H12O4. The first-order chi connectivity index (χ1) is 10.3. The van der Waals surface area contributed by atoms with E-state index in [0.29, 0.717) is 41.4 Å². The van der Waals surface area contributed by atoms with Gasteiger partial charge in [0.25, 0.3) is 0 Å². The number of rotatable bonds is 2. The van der Waals surface area contributed by atoms with Gasteiger partial charge < -0.3 is 13.9 Å². The highest BCUT2D eigenvalue weighted by Crippen LogP contribution is 2.32. The van der Waals surface area contributed by atoms with Gasteiger partial charge >= 0.3 is 0 Å². The summed E-state index contributed by atoms with van der Waals surface area (Å²) in [5.74, 6) is 1.20. The van der Waals surface area contributed by atoms with Crippen molar-refractivity contribution >= 4 is 16.8 Å². The molecule has 4 rings (SSSR count). The second kappa shape index (κ2) is 4.66. The molecule has 0 radical (unpaired) electrons. The van der Waals surface area contributed by atoms with Gasteiger partial charge in [-0.3, -0.25) is 4.79 Å². The average Bonchev–Trinajstić information content (AvgIpc) is 2.98. The molecule has 0 bridgehead atoms. The minimum Gasteiger partial charge on any atom is -0.486 e. The molecule has 1 aliphatic heterocycles. The molecule has 0 spiro atoms. The number of ketones is 1. The van der Waals surface area contributed by atoms with Crippen molar-refractivity contribution in [2.75, 3.05) is 13.2 Å². The SMILES string of the molecule is O=C(c1ccc2c(c1)OCCO2)c1coc2ccccc12. The van der Waals surface area contributed by atoms with Gasteiger partial charge in [-0.2, -0.15) is 0 Å². The zero-order valence-corrected chi connectivity index (χ0v) is 11.2. The number of hydrogen-bond donors (Lipinski definition) is 0. The Morgan fingerprint density at radius 2 is 1.76 bits per heavy atom. The smallest absolute Gasteiger partial charge is 0.197 e. The van der Waals surface area contributed by atoms with Crippen LogP contribution in [-0.2, 0) is 0 Å². The first-order valence-corrected chi connectivity index (χ1v) is 6.73. The molecule has 4 heteroatoms. The van der Waals surface area contributed by atoms with Gasteiger partial charge in [0.15, 0.2) is 17.3 Å². The van der Waals surface area contributed by atoms with Crippen molar-refractivity contribution in [1.29, 1.82) is 0 Å². The molecule has 4 nitrogen and oxygen atoms in total. The lowest BCUT2D eigenvalue weighted by atomic mass is 10.0. The fourth-order valence-electron chi connectivity index (χ4n) is 2.49. The summed E-state index contributed by atoms with van der Waals surface area (Å²) < 4.78 is 16.4.